The predicted octanol–water partition coefficient (Wildman–Crippen LogP) is 2.17. The van der Waals surface area contributed by atoms with Gasteiger partial charge in [0.15, 0.2) is 0 Å². The fourth-order valence-corrected chi connectivity index (χ4v) is 2.12. The van der Waals surface area contributed by atoms with Crippen molar-refractivity contribution in [3.05, 3.63) is 35.5 Å². The predicted molar refractivity (Wildman–Crippen MR) is 84.9 cm³/mol. The maximum absolute atomic E-state index is 9.10. The number of aromatic nitrogens is 1. The van der Waals surface area contributed by atoms with Crippen molar-refractivity contribution in [2.24, 2.45) is 5.73 Å². The highest BCUT2D eigenvalue weighted by Crippen LogP contribution is 2.21. The van der Waals surface area contributed by atoms with Gasteiger partial charge in [-0.3, -0.25) is 0 Å². The number of nitrogens with one attached hydrogen (secondary N) is 1. The van der Waals surface area contributed by atoms with Gasteiger partial charge >= 0.3 is 11.9 Å². The highest BCUT2D eigenvalue weighted by molar-refractivity contribution is 6.27. The van der Waals surface area contributed by atoms with Crippen LogP contribution in [0.3, 0.4) is 0 Å². The van der Waals surface area contributed by atoms with Crippen molar-refractivity contribution in [2.75, 3.05) is 6.54 Å². The number of benzene rings is 1. The third-order valence-corrected chi connectivity index (χ3v) is 3.25. The van der Waals surface area contributed by atoms with Crippen molar-refractivity contribution in [1.82, 2.24) is 4.98 Å². The zero-order valence-electron chi connectivity index (χ0n) is 12.6. The van der Waals surface area contributed by atoms with Crippen LogP contribution in [0.4, 0.5) is 0 Å². The molecular weight excluding hydrogens is 284 g/mol. The summed E-state index contributed by atoms with van der Waals surface area (Å²) in [7, 11) is 0. The van der Waals surface area contributed by atoms with Gasteiger partial charge in [0.2, 0.25) is 0 Å². The Balaban J connectivity index is 0.000000346. The second kappa shape index (κ2) is 8.84. The summed E-state index contributed by atoms with van der Waals surface area (Å²) in [4.78, 5) is 21.5. The molecule has 120 valence electrons. The number of carbonyl (C=O) groups is 2. The number of rotatable bonds is 5. The number of carboxylic acid groups (broad SMARTS) is 2. The molecule has 0 aliphatic heterocycles. The lowest BCUT2D eigenvalue weighted by Crippen LogP contribution is -2.09. The molecule has 2 aromatic rings. The molecule has 22 heavy (non-hydrogen) atoms. The van der Waals surface area contributed by atoms with Crippen LogP contribution in [-0.4, -0.2) is 33.7 Å². The molecule has 6 nitrogen and oxygen atoms in total. The largest absolute Gasteiger partial charge is 0.473 e. The standard InChI is InChI=1S/C14H20N2.C2H2O4/c1-2-3-4-11-5-6-14-13(9-11)12(7-8-15)10-16-14;3-1(4)2(5)6/h5-6,9-10,16H,2-4,7-8,15H2,1H3;(H,3,4)(H,5,6). The molecule has 0 unspecified atom stereocenters. The minimum atomic E-state index is -1.82. The van der Waals surface area contributed by atoms with E-state index >= 15 is 0 Å². The van der Waals surface area contributed by atoms with Crippen LogP contribution in [0.1, 0.15) is 30.9 Å². The van der Waals surface area contributed by atoms with Crippen molar-refractivity contribution >= 4 is 22.8 Å². The second-order valence-electron chi connectivity index (χ2n) is 4.95. The summed E-state index contributed by atoms with van der Waals surface area (Å²) in [5.74, 6) is -3.65. The summed E-state index contributed by atoms with van der Waals surface area (Å²) in [6.45, 7) is 2.95. The van der Waals surface area contributed by atoms with E-state index < -0.39 is 11.9 Å². The van der Waals surface area contributed by atoms with E-state index in [0.717, 1.165) is 6.42 Å². The first-order chi connectivity index (χ1) is 10.5. The van der Waals surface area contributed by atoms with E-state index in [-0.39, 0.29) is 0 Å². The monoisotopic (exact) mass is 306 g/mol. The van der Waals surface area contributed by atoms with Gasteiger partial charge < -0.3 is 20.9 Å². The first kappa shape index (κ1) is 17.7. The van der Waals surface area contributed by atoms with Crippen molar-refractivity contribution in [3.8, 4) is 0 Å². The molecular formula is C16H22N2O4. The summed E-state index contributed by atoms with van der Waals surface area (Å²) >= 11 is 0. The minimum absolute atomic E-state index is 0.714. The van der Waals surface area contributed by atoms with Crippen molar-refractivity contribution in [2.45, 2.75) is 32.6 Å². The number of unbranched alkanes of at least 4 members (excludes halogenated alkanes) is 1. The third-order valence-electron chi connectivity index (χ3n) is 3.25. The molecule has 1 heterocycles. The maximum Gasteiger partial charge on any atom is 0.414 e. The molecule has 6 heteroatoms. The van der Waals surface area contributed by atoms with Crippen LogP contribution in [0.25, 0.3) is 10.9 Å². The van der Waals surface area contributed by atoms with E-state index in [0.29, 0.717) is 6.54 Å². The number of H-pyrrole nitrogens is 1. The number of fused-ring (bicyclic) bond motifs is 1. The van der Waals surface area contributed by atoms with Crippen LogP contribution in [0.15, 0.2) is 24.4 Å². The Morgan fingerprint density at radius 3 is 2.41 bits per heavy atom. The summed E-state index contributed by atoms with van der Waals surface area (Å²) in [6, 6.07) is 6.72. The van der Waals surface area contributed by atoms with Crippen molar-refractivity contribution in [3.63, 3.8) is 0 Å². The number of aryl methyl sites for hydroxylation is 1. The molecule has 0 aliphatic carbocycles. The van der Waals surface area contributed by atoms with E-state index in [9.17, 15) is 0 Å². The van der Waals surface area contributed by atoms with Crippen molar-refractivity contribution in [1.29, 1.82) is 0 Å². The molecule has 5 N–H and O–H groups in total. The lowest BCUT2D eigenvalue weighted by Gasteiger charge is -2.01. The molecule has 0 fully saturated rings. The van der Waals surface area contributed by atoms with Gasteiger partial charge in [0.1, 0.15) is 0 Å². The van der Waals surface area contributed by atoms with Gasteiger partial charge in [0.25, 0.3) is 0 Å². The van der Waals surface area contributed by atoms with Gasteiger partial charge in [0.05, 0.1) is 0 Å². The summed E-state index contributed by atoms with van der Waals surface area (Å²) in [6.07, 6.45) is 6.74. The molecule has 1 aromatic carbocycles. The van der Waals surface area contributed by atoms with Gasteiger partial charge in [-0.1, -0.05) is 19.4 Å². The second-order valence-corrected chi connectivity index (χ2v) is 4.95. The summed E-state index contributed by atoms with van der Waals surface area (Å²) < 4.78 is 0. The smallest absolute Gasteiger partial charge is 0.414 e. The van der Waals surface area contributed by atoms with Crippen LogP contribution in [0.5, 0.6) is 0 Å². The average Bonchev–Trinajstić information content (AvgIpc) is 2.89. The fraction of sp³-hybridized carbons (Fsp3) is 0.375. The Bertz CT molecular complexity index is 622. The fourth-order valence-electron chi connectivity index (χ4n) is 2.12. The molecule has 0 bridgehead atoms. The Morgan fingerprint density at radius 1 is 1.18 bits per heavy atom. The summed E-state index contributed by atoms with van der Waals surface area (Å²) in [5, 5.41) is 16.1. The molecule has 1 aromatic heterocycles. The minimum Gasteiger partial charge on any atom is -0.473 e. The van der Waals surface area contributed by atoms with Crippen LogP contribution < -0.4 is 5.73 Å². The average molecular weight is 306 g/mol. The van der Waals surface area contributed by atoms with Crippen LogP contribution in [0, 0.1) is 0 Å². The molecule has 0 aliphatic rings. The van der Waals surface area contributed by atoms with Crippen LogP contribution in [-0.2, 0) is 22.4 Å². The topological polar surface area (TPSA) is 116 Å². The number of nitrogens with two attached hydrogens (primary N) is 1. The van der Waals surface area contributed by atoms with Gasteiger partial charge in [-0.05, 0) is 49.1 Å². The Labute approximate surface area is 128 Å². The first-order valence-electron chi connectivity index (χ1n) is 7.24. The Kier molecular flexibility index (Phi) is 7.12. The number of aliphatic carboxylic acids is 2. The highest BCUT2D eigenvalue weighted by atomic mass is 16.4. The Morgan fingerprint density at radius 2 is 1.86 bits per heavy atom. The molecule has 2 rings (SSSR count). The highest BCUT2D eigenvalue weighted by Gasteiger charge is 2.04. The van der Waals surface area contributed by atoms with E-state index in [1.165, 1.54) is 41.3 Å². The van der Waals surface area contributed by atoms with Crippen LogP contribution >= 0.6 is 0 Å². The number of carboxylic acids is 2. The number of hydrogen-bond acceptors (Lipinski definition) is 3. The summed E-state index contributed by atoms with van der Waals surface area (Å²) in [5.41, 5.74) is 9.62. The zero-order chi connectivity index (χ0) is 16.5. The van der Waals surface area contributed by atoms with E-state index in [1.54, 1.807) is 0 Å². The molecule has 0 amide bonds. The number of hydrogen-bond donors (Lipinski definition) is 4. The quantitative estimate of drug-likeness (QED) is 0.632. The molecule has 0 saturated carbocycles. The maximum atomic E-state index is 9.10. The lowest BCUT2D eigenvalue weighted by molar-refractivity contribution is -0.159. The SMILES string of the molecule is CCCCc1ccc2[nH]cc(CCN)c2c1.O=C(O)C(=O)O. The lowest BCUT2D eigenvalue weighted by atomic mass is 10.0. The molecule has 0 atom stereocenters. The molecule has 0 saturated heterocycles. The third kappa shape index (κ3) is 5.21. The number of aromatic amines is 1. The van der Waals surface area contributed by atoms with Gasteiger partial charge in [-0.15, -0.1) is 0 Å². The van der Waals surface area contributed by atoms with Gasteiger partial charge in [-0.25, -0.2) is 9.59 Å². The molecule has 0 spiro atoms. The Hall–Kier alpha value is -2.34. The van der Waals surface area contributed by atoms with Gasteiger partial charge in [0, 0.05) is 17.1 Å². The zero-order valence-corrected chi connectivity index (χ0v) is 12.6. The van der Waals surface area contributed by atoms with E-state index in [2.05, 4.69) is 36.3 Å². The van der Waals surface area contributed by atoms with Gasteiger partial charge in [-0.2, -0.15) is 0 Å². The van der Waals surface area contributed by atoms with Crippen molar-refractivity contribution < 1.29 is 19.8 Å². The van der Waals surface area contributed by atoms with E-state index in [4.69, 9.17) is 25.5 Å². The first-order valence-corrected chi connectivity index (χ1v) is 7.24. The molecule has 0 radical (unpaired) electrons. The van der Waals surface area contributed by atoms with Crippen LogP contribution in [0.2, 0.25) is 0 Å². The van der Waals surface area contributed by atoms with E-state index in [1.807, 2.05) is 0 Å². The normalized spacial score (nSPS) is 10.1.